The van der Waals surface area contributed by atoms with Gasteiger partial charge in [0.2, 0.25) is 0 Å². The minimum Gasteiger partial charge on any atom is -0.493 e. The number of aliphatic hydroxyl groups is 1. The maximum absolute atomic E-state index is 14.2. The summed E-state index contributed by atoms with van der Waals surface area (Å²) < 4.78 is 21.2. The quantitative estimate of drug-likeness (QED) is 0.890. The minimum atomic E-state index is -1.47. The zero-order valence-corrected chi connectivity index (χ0v) is 12.6. The van der Waals surface area contributed by atoms with Gasteiger partial charge in [-0.25, -0.2) is 4.39 Å². The number of hydrogen-bond donors (Lipinski definition) is 1. The Balaban J connectivity index is 2.65. The van der Waals surface area contributed by atoms with Crippen LogP contribution in [0.5, 0.6) is 5.75 Å². The zero-order chi connectivity index (χ0) is 15.5. The third-order valence-electron chi connectivity index (χ3n) is 3.68. The van der Waals surface area contributed by atoms with Crippen molar-refractivity contribution < 1.29 is 14.2 Å². The summed E-state index contributed by atoms with van der Waals surface area (Å²) in [5, 5.41) is 15.4. The molecule has 0 amide bonds. The fourth-order valence-electron chi connectivity index (χ4n) is 2.60. The molecule has 0 fully saturated rings. The van der Waals surface area contributed by atoms with Gasteiger partial charge in [-0.2, -0.15) is 5.10 Å². The fourth-order valence-corrected chi connectivity index (χ4v) is 2.60. The van der Waals surface area contributed by atoms with E-state index in [-0.39, 0.29) is 5.56 Å². The summed E-state index contributed by atoms with van der Waals surface area (Å²) in [4.78, 5) is 0. The highest BCUT2D eigenvalue weighted by Gasteiger charge is 2.38. The lowest BCUT2D eigenvalue weighted by atomic mass is 9.87. The van der Waals surface area contributed by atoms with E-state index in [1.807, 2.05) is 13.8 Å². The monoisotopic (exact) mass is 292 g/mol. The number of aromatic nitrogens is 2. The summed E-state index contributed by atoms with van der Waals surface area (Å²) >= 11 is 0. The molecule has 0 spiro atoms. The molecule has 2 aromatic rings. The number of ether oxygens (including phenoxy) is 1. The molecule has 5 heteroatoms. The second-order valence-electron chi connectivity index (χ2n) is 4.98. The first-order valence-electron chi connectivity index (χ1n) is 7.16. The molecule has 2 rings (SSSR count). The number of benzene rings is 1. The van der Waals surface area contributed by atoms with E-state index in [1.165, 1.54) is 13.2 Å². The van der Waals surface area contributed by atoms with E-state index in [4.69, 9.17) is 4.74 Å². The van der Waals surface area contributed by atoms with E-state index in [0.29, 0.717) is 24.4 Å². The molecule has 0 aliphatic heterocycles. The molecule has 1 aromatic heterocycles. The van der Waals surface area contributed by atoms with Gasteiger partial charge in [-0.1, -0.05) is 32.0 Å². The molecule has 0 saturated heterocycles. The SMILES string of the molecule is CCCn1ncc(OC)c1C(O)(CC)c1ccccc1F. The van der Waals surface area contributed by atoms with E-state index in [1.54, 1.807) is 29.1 Å². The van der Waals surface area contributed by atoms with Crippen molar-refractivity contribution in [1.82, 2.24) is 9.78 Å². The molecule has 21 heavy (non-hydrogen) atoms. The molecule has 114 valence electrons. The van der Waals surface area contributed by atoms with Gasteiger partial charge in [0.15, 0.2) is 5.75 Å². The van der Waals surface area contributed by atoms with Crippen molar-refractivity contribution in [2.75, 3.05) is 7.11 Å². The molecule has 4 nitrogen and oxygen atoms in total. The second kappa shape index (κ2) is 6.26. The Morgan fingerprint density at radius 1 is 1.33 bits per heavy atom. The second-order valence-corrected chi connectivity index (χ2v) is 4.98. The number of hydrogen-bond acceptors (Lipinski definition) is 3. The van der Waals surface area contributed by atoms with Crippen LogP contribution in [0.4, 0.5) is 4.39 Å². The Morgan fingerprint density at radius 2 is 2.05 bits per heavy atom. The van der Waals surface area contributed by atoms with Gasteiger partial charge >= 0.3 is 0 Å². The fraction of sp³-hybridized carbons (Fsp3) is 0.438. The summed E-state index contributed by atoms with van der Waals surface area (Å²) in [6, 6.07) is 6.27. The van der Waals surface area contributed by atoms with Crippen molar-refractivity contribution in [1.29, 1.82) is 0 Å². The summed E-state index contributed by atoms with van der Waals surface area (Å²) in [6.07, 6.45) is 2.74. The molecule has 1 aromatic carbocycles. The maximum Gasteiger partial charge on any atom is 0.163 e. The Labute approximate surface area is 124 Å². The molecule has 0 radical (unpaired) electrons. The largest absolute Gasteiger partial charge is 0.493 e. The summed E-state index contributed by atoms with van der Waals surface area (Å²) in [5.74, 6) is 0.0317. The van der Waals surface area contributed by atoms with E-state index < -0.39 is 11.4 Å². The van der Waals surface area contributed by atoms with Crippen molar-refractivity contribution in [2.45, 2.75) is 38.8 Å². The van der Waals surface area contributed by atoms with Crippen LogP contribution in [0.25, 0.3) is 0 Å². The van der Waals surface area contributed by atoms with Crippen LogP contribution in [-0.4, -0.2) is 22.0 Å². The van der Waals surface area contributed by atoms with E-state index in [2.05, 4.69) is 5.10 Å². The molecule has 0 aliphatic rings. The highest BCUT2D eigenvalue weighted by atomic mass is 19.1. The van der Waals surface area contributed by atoms with Crippen molar-refractivity contribution in [2.24, 2.45) is 0 Å². The lowest BCUT2D eigenvalue weighted by molar-refractivity contribution is 0.0598. The number of nitrogens with zero attached hydrogens (tertiary/aromatic N) is 2. The van der Waals surface area contributed by atoms with Gasteiger partial charge in [-0.05, 0) is 18.9 Å². The van der Waals surface area contributed by atoms with Gasteiger partial charge in [-0.3, -0.25) is 4.68 Å². The Bertz CT molecular complexity index is 612. The third kappa shape index (κ3) is 2.65. The molecule has 1 N–H and O–H groups in total. The lowest BCUT2D eigenvalue weighted by Crippen LogP contribution is -2.31. The minimum absolute atomic E-state index is 0.239. The molecular weight excluding hydrogens is 271 g/mol. The zero-order valence-electron chi connectivity index (χ0n) is 12.6. The van der Waals surface area contributed by atoms with Crippen molar-refractivity contribution in [3.63, 3.8) is 0 Å². The maximum atomic E-state index is 14.2. The number of aryl methyl sites for hydroxylation is 1. The Morgan fingerprint density at radius 3 is 2.62 bits per heavy atom. The average molecular weight is 292 g/mol. The molecule has 0 saturated carbocycles. The topological polar surface area (TPSA) is 47.3 Å². The number of halogens is 1. The van der Waals surface area contributed by atoms with Gasteiger partial charge in [0, 0.05) is 12.1 Å². The lowest BCUT2D eigenvalue weighted by Gasteiger charge is -2.29. The highest BCUT2D eigenvalue weighted by molar-refractivity contribution is 5.40. The van der Waals surface area contributed by atoms with Crippen LogP contribution in [0.15, 0.2) is 30.5 Å². The van der Waals surface area contributed by atoms with Gasteiger partial charge in [0.1, 0.15) is 17.1 Å². The van der Waals surface area contributed by atoms with Crippen LogP contribution in [0.2, 0.25) is 0 Å². The van der Waals surface area contributed by atoms with Crippen molar-refractivity contribution in [3.8, 4) is 5.75 Å². The summed E-state index contributed by atoms with van der Waals surface area (Å²) in [6.45, 7) is 4.47. The standard InChI is InChI=1S/C16H21FN2O2/c1-4-10-19-15(14(21-3)11-18-19)16(20,5-2)12-8-6-7-9-13(12)17/h6-9,11,20H,4-5,10H2,1-3H3. The first-order valence-corrected chi connectivity index (χ1v) is 7.16. The first kappa shape index (κ1) is 15.5. The van der Waals surface area contributed by atoms with E-state index in [9.17, 15) is 9.50 Å². The van der Waals surface area contributed by atoms with Crippen LogP contribution in [-0.2, 0) is 12.1 Å². The predicted octanol–water partition coefficient (Wildman–Crippen LogP) is 3.09. The van der Waals surface area contributed by atoms with Gasteiger partial charge in [-0.15, -0.1) is 0 Å². The van der Waals surface area contributed by atoms with Crippen LogP contribution in [0.1, 0.15) is 37.9 Å². The van der Waals surface area contributed by atoms with Gasteiger partial charge < -0.3 is 9.84 Å². The van der Waals surface area contributed by atoms with Crippen LogP contribution in [0.3, 0.4) is 0 Å². The van der Waals surface area contributed by atoms with Crippen LogP contribution < -0.4 is 4.74 Å². The van der Waals surface area contributed by atoms with Gasteiger partial charge in [0.05, 0.1) is 13.3 Å². The van der Waals surface area contributed by atoms with Crippen LogP contribution in [0, 0.1) is 5.82 Å². The van der Waals surface area contributed by atoms with Crippen molar-refractivity contribution >= 4 is 0 Å². The molecule has 1 heterocycles. The molecule has 1 atom stereocenters. The molecule has 0 bridgehead atoms. The van der Waals surface area contributed by atoms with Gasteiger partial charge in [0.25, 0.3) is 0 Å². The first-order chi connectivity index (χ1) is 10.1. The predicted molar refractivity (Wildman–Crippen MR) is 78.8 cm³/mol. The third-order valence-corrected chi connectivity index (χ3v) is 3.68. The van der Waals surface area contributed by atoms with E-state index >= 15 is 0 Å². The Kier molecular flexibility index (Phi) is 4.63. The van der Waals surface area contributed by atoms with Crippen LogP contribution >= 0.6 is 0 Å². The van der Waals surface area contributed by atoms with Crippen molar-refractivity contribution in [3.05, 3.63) is 47.5 Å². The summed E-state index contributed by atoms with van der Waals surface area (Å²) in [7, 11) is 1.52. The molecular formula is C16H21FN2O2. The normalized spacial score (nSPS) is 14.0. The molecule has 0 aliphatic carbocycles. The summed E-state index contributed by atoms with van der Waals surface area (Å²) in [5.41, 5.74) is -0.731. The average Bonchev–Trinajstić information content (AvgIpc) is 2.91. The number of methoxy groups -OCH3 is 1. The molecule has 1 unspecified atom stereocenters. The number of rotatable bonds is 6. The van der Waals surface area contributed by atoms with E-state index in [0.717, 1.165) is 6.42 Å². The Hall–Kier alpha value is -1.88. The smallest absolute Gasteiger partial charge is 0.163 e. The highest BCUT2D eigenvalue weighted by Crippen LogP contribution is 2.39.